The zero-order chi connectivity index (χ0) is 69.6. The second kappa shape index (κ2) is 49.4. The van der Waals surface area contributed by atoms with E-state index in [4.69, 9.17) is 42.6 Å². The van der Waals surface area contributed by atoms with Crippen LogP contribution in [0.15, 0.2) is 14.4 Å². The van der Waals surface area contributed by atoms with E-state index in [0.717, 1.165) is 33.3 Å². The number of amides is 3. The molecule has 0 aromatic carbocycles. The Balaban J connectivity index is 1.07. The fourth-order valence-electron chi connectivity index (χ4n) is 10.2. The van der Waals surface area contributed by atoms with E-state index in [2.05, 4.69) is 51.4 Å². The third-order valence-corrected chi connectivity index (χ3v) is 16.5. The van der Waals surface area contributed by atoms with Gasteiger partial charge >= 0.3 is 71.2 Å². The summed E-state index contributed by atoms with van der Waals surface area (Å²) >= 11 is 0. The van der Waals surface area contributed by atoms with E-state index in [9.17, 15) is 57.5 Å². The molecular formula is C66H111N9O21. The highest BCUT2D eigenvalue weighted by molar-refractivity contribution is 5.72. The third-order valence-electron chi connectivity index (χ3n) is 16.5. The Morgan fingerprint density at radius 1 is 0.281 bits per heavy atom. The molecule has 3 N–H and O–H groups in total. The lowest BCUT2D eigenvalue weighted by Gasteiger charge is -2.14. The normalized spacial score (nSPS) is 17.3. The van der Waals surface area contributed by atoms with E-state index in [1.807, 2.05) is 0 Å². The van der Waals surface area contributed by atoms with Crippen molar-refractivity contribution < 1.29 is 85.8 Å². The van der Waals surface area contributed by atoms with Gasteiger partial charge in [0.05, 0.1) is 39.1 Å². The molecule has 3 aliphatic heterocycles. The predicted molar refractivity (Wildman–Crippen MR) is 351 cm³/mol. The van der Waals surface area contributed by atoms with Crippen molar-refractivity contribution in [2.75, 3.05) is 118 Å². The average Bonchev–Trinajstić information content (AvgIpc) is 1.81. The number of ether oxygens (including phenoxy) is 9. The smallest absolute Gasteiger partial charge is 0.407 e. The van der Waals surface area contributed by atoms with Crippen LogP contribution in [-0.4, -0.2) is 219 Å². The molecule has 3 fully saturated rings. The van der Waals surface area contributed by atoms with E-state index < -0.39 is 35.3 Å². The quantitative estimate of drug-likeness (QED) is 0.0324. The Kier molecular flexibility index (Phi) is 41.9. The second-order valence-electron chi connectivity index (χ2n) is 24.8. The molecule has 0 bridgehead atoms. The standard InChI is InChI=1S/C66H111N9O21/c1-52-49-70(52)37-28-58(79)91-46-43-88-55(76)25-13-10-22-40-94-61(82)67-31-16-4-7-19-34-73-64(85)74(35-20-8-5-17-32-68-62(83)95-41-23-11-14-26-56(77)89-44-47-92-59(80)29-38-71-50-53(71)2)66(87)75(65(73)86)36-21-9-6-18-33-69-63(84)96-42-24-12-15-27-57(78)90-45-48-93-60(81)30-39-72-51-54(72)3/h52-54H,4-51H2,1-3H3,(H,67,82)(H,68,83)(H,69,84). The van der Waals surface area contributed by atoms with Gasteiger partial charge in [-0.15, -0.1) is 0 Å². The second-order valence-corrected chi connectivity index (χ2v) is 24.8. The number of nitrogens with zero attached hydrogens (tertiary/aromatic N) is 6. The molecule has 546 valence electrons. The Hall–Kier alpha value is -7.08. The van der Waals surface area contributed by atoms with Crippen molar-refractivity contribution in [3.05, 3.63) is 31.5 Å². The van der Waals surface area contributed by atoms with Gasteiger partial charge in [0.2, 0.25) is 0 Å². The molecule has 3 saturated heterocycles. The summed E-state index contributed by atoms with van der Waals surface area (Å²) in [7, 11) is 0. The first kappa shape index (κ1) is 81.3. The molecular weight excluding hydrogens is 1250 g/mol. The van der Waals surface area contributed by atoms with Crippen LogP contribution in [0.4, 0.5) is 14.4 Å². The zero-order valence-electron chi connectivity index (χ0n) is 57.4. The van der Waals surface area contributed by atoms with Gasteiger partial charge in [-0.2, -0.15) is 0 Å². The highest BCUT2D eigenvalue weighted by Crippen LogP contribution is 2.18. The number of aromatic nitrogens is 3. The Morgan fingerprint density at radius 2 is 0.500 bits per heavy atom. The van der Waals surface area contributed by atoms with Gasteiger partial charge in [0.25, 0.3) is 0 Å². The summed E-state index contributed by atoms with van der Waals surface area (Å²) in [6.45, 7) is 13.2. The van der Waals surface area contributed by atoms with Crippen LogP contribution in [0.1, 0.15) is 194 Å². The van der Waals surface area contributed by atoms with Crippen LogP contribution in [0.3, 0.4) is 0 Å². The minimum atomic E-state index is -0.683. The molecule has 3 amide bonds. The molecule has 1 aromatic rings. The van der Waals surface area contributed by atoms with Gasteiger partial charge in [-0.1, -0.05) is 38.5 Å². The number of nitrogens with one attached hydrogen (secondary N) is 3. The Bertz CT molecular complexity index is 2380. The maximum Gasteiger partial charge on any atom is 0.407 e. The summed E-state index contributed by atoms with van der Waals surface area (Å²) in [5, 5.41) is 8.17. The zero-order valence-corrected chi connectivity index (χ0v) is 57.4. The summed E-state index contributed by atoms with van der Waals surface area (Å²) in [4.78, 5) is 156. The van der Waals surface area contributed by atoms with E-state index in [1.54, 1.807) is 0 Å². The lowest BCUT2D eigenvalue weighted by atomic mass is 10.2. The minimum absolute atomic E-state index is 0.00394. The molecule has 0 radical (unpaired) electrons. The average molecular weight is 1370 g/mol. The van der Waals surface area contributed by atoms with Crippen molar-refractivity contribution in [3.63, 3.8) is 0 Å². The third kappa shape index (κ3) is 39.2. The lowest BCUT2D eigenvalue weighted by molar-refractivity contribution is -0.152. The van der Waals surface area contributed by atoms with Crippen molar-refractivity contribution in [2.45, 2.75) is 232 Å². The molecule has 6 unspecified atom stereocenters. The van der Waals surface area contributed by atoms with Crippen molar-refractivity contribution in [3.8, 4) is 0 Å². The van der Waals surface area contributed by atoms with E-state index in [0.29, 0.717) is 211 Å². The van der Waals surface area contributed by atoms with Crippen molar-refractivity contribution >= 4 is 54.1 Å². The molecule has 3 aliphatic rings. The Morgan fingerprint density at radius 3 is 0.740 bits per heavy atom. The number of alkyl carbamates (subject to hydrolysis) is 3. The number of carbonyl (C=O) groups excluding carboxylic acids is 9. The number of unbranched alkanes of at least 4 members (excludes halogenated alkanes) is 15. The number of esters is 6. The summed E-state index contributed by atoms with van der Waals surface area (Å²) in [6.07, 6.45) is 12.4. The van der Waals surface area contributed by atoms with Crippen LogP contribution in [0.5, 0.6) is 0 Å². The molecule has 1 aromatic heterocycles. The van der Waals surface area contributed by atoms with E-state index >= 15 is 0 Å². The van der Waals surface area contributed by atoms with Crippen LogP contribution < -0.4 is 33.0 Å². The SMILES string of the molecule is CC1CN1CCC(=O)OCCOC(=O)CCCCCOC(=O)NCCCCCCn1c(=O)n(CCCCCCNC(=O)OCCCCCC(=O)OCCOC(=O)CCN2CC2C)c(=O)n(CCCCCCNC(=O)OCCCCCC(=O)OCCOC(=O)CCN2CC2C)c1=O. The van der Waals surface area contributed by atoms with Crippen LogP contribution in [0, 0.1) is 0 Å². The monoisotopic (exact) mass is 1370 g/mol. The van der Waals surface area contributed by atoms with Crippen molar-refractivity contribution in [2.24, 2.45) is 0 Å². The first-order chi connectivity index (χ1) is 46.4. The fraction of sp³-hybridized carbons (Fsp3) is 0.818. The molecule has 30 nitrogen and oxygen atoms in total. The van der Waals surface area contributed by atoms with Gasteiger partial charge < -0.3 is 58.6 Å². The van der Waals surface area contributed by atoms with Gasteiger partial charge in [-0.3, -0.25) is 43.5 Å². The van der Waals surface area contributed by atoms with E-state index in [1.165, 1.54) is 0 Å². The first-order valence-electron chi connectivity index (χ1n) is 35.2. The molecule has 4 heterocycles. The molecule has 96 heavy (non-hydrogen) atoms. The molecule has 0 saturated carbocycles. The molecule has 0 spiro atoms. The maximum absolute atomic E-state index is 13.8. The van der Waals surface area contributed by atoms with Gasteiger partial charge in [0.1, 0.15) is 39.6 Å². The molecule has 4 rings (SSSR count). The van der Waals surface area contributed by atoms with Crippen molar-refractivity contribution in [1.82, 2.24) is 44.4 Å². The summed E-state index contributed by atoms with van der Waals surface area (Å²) in [5.74, 6) is -2.11. The number of rotatable bonds is 57. The topological polar surface area (TPSA) is 348 Å². The van der Waals surface area contributed by atoms with Crippen molar-refractivity contribution in [1.29, 1.82) is 0 Å². The summed E-state index contributed by atoms with van der Waals surface area (Å²) < 4.78 is 49.8. The first-order valence-corrected chi connectivity index (χ1v) is 35.2. The summed E-state index contributed by atoms with van der Waals surface area (Å²) in [5.41, 5.74) is -2.05. The minimum Gasteiger partial charge on any atom is -0.462 e. The van der Waals surface area contributed by atoms with Gasteiger partial charge in [0.15, 0.2) is 0 Å². The van der Waals surface area contributed by atoms with Gasteiger partial charge in [0, 0.05) is 116 Å². The highest BCUT2D eigenvalue weighted by Gasteiger charge is 2.31. The Labute approximate surface area is 564 Å². The highest BCUT2D eigenvalue weighted by atomic mass is 16.6. The predicted octanol–water partition coefficient (Wildman–Crippen LogP) is 5.25. The molecule has 30 heteroatoms. The lowest BCUT2D eigenvalue weighted by Crippen LogP contribution is -2.54. The maximum atomic E-state index is 13.8. The number of hydrogen-bond donors (Lipinski definition) is 3. The fourth-order valence-corrected chi connectivity index (χ4v) is 10.2. The largest absolute Gasteiger partial charge is 0.462 e. The van der Waals surface area contributed by atoms with Crippen LogP contribution in [0.2, 0.25) is 0 Å². The number of carbonyl (C=O) groups is 9. The van der Waals surface area contributed by atoms with E-state index in [-0.39, 0.29) is 134 Å². The number of hydrogen-bond acceptors (Lipinski definition) is 24. The summed E-state index contributed by atoms with van der Waals surface area (Å²) in [6, 6.07) is 1.55. The molecule has 0 aliphatic carbocycles. The van der Waals surface area contributed by atoms with Crippen LogP contribution >= 0.6 is 0 Å². The van der Waals surface area contributed by atoms with Crippen LogP contribution in [0.25, 0.3) is 0 Å². The van der Waals surface area contributed by atoms with Gasteiger partial charge in [-0.05, 0) is 117 Å². The molecule has 6 atom stereocenters. The van der Waals surface area contributed by atoms with Crippen LogP contribution in [-0.2, 0) is 91.0 Å². The van der Waals surface area contributed by atoms with Gasteiger partial charge in [-0.25, -0.2) is 42.5 Å².